The molecule has 11 nitrogen and oxygen atoms in total. The first-order valence-corrected chi connectivity index (χ1v) is 21.3. The number of hydrogen-bond donors (Lipinski definition) is 2. The quantitative estimate of drug-likeness (QED) is 0.0846. The molecular weight excluding hydrogens is 837 g/mol. The lowest BCUT2D eigenvalue weighted by Crippen LogP contribution is -2.55. The second kappa shape index (κ2) is 15.9. The maximum Gasteiger partial charge on any atom is 0.260 e. The number of nitrogens with zero attached hydrogens (tertiary/aromatic N) is 2. The number of rotatable bonds is 9. The molecule has 0 radical (unpaired) electrons. The molecule has 2 aliphatic carbocycles. The lowest BCUT2D eigenvalue weighted by Gasteiger charge is -2.51. The SMILES string of the molecule is COc1ccc(OC)c(C=Cc2ccc(N3C(=O)C4CC=C5C(CC6C(=O)N(Nc7ccc(F)cc7)C(=O)C6(c6ccc(Cl)cc6)C5C5=COc6ccc(O)cc6C5)C4C3=O)cc2)c1. The van der Waals surface area contributed by atoms with Gasteiger partial charge in [-0.1, -0.05) is 59.7 Å². The topological polar surface area (TPSA) is 135 Å². The number of fused-ring (bicyclic) bond motifs is 5. The Kier molecular flexibility index (Phi) is 10.1. The summed E-state index contributed by atoms with van der Waals surface area (Å²) in [5.74, 6) is -4.39. The van der Waals surface area contributed by atoms with Crippen LogP contribution in [0.25, 0.3) is 12.2 Å². The summed E-state index contributed by atoms with van der Waals surface area (Å²) in [6, 6.07) is 29.7. The van der Waals surface area contributed by atoms with E-state index in [0.717, 1.165) is 21.7 Å². The van der Waals surface area contributed by atoms with Crippen molar-refractivity contribution in [3.8, 4) is 23.0 Å². The van der Waals surface area contributed by atoms with Gasteiger partial charge in [0.25, 0.3) is 11.8 Å². The molecule has 5 aromatic carbocycles. The van der Waals surface area contributed by atoms with Crippen molar-refractivity contribution in [2.75, 3.05) is 24.5 Å². The summed E-state index contributed by atoms with van der Waals surface area (Å²) in [5, 5.41) is 12.0. The van der Waals surface area contributed by atoms with Gasteiger partial charge in [-0.05, 0) is 120 Å². The van der Waals surface area contributed by atoms with Crippen LogP contribution in [0, 0.1) is 35.4 Å². The molecule has 6 atom stereocenters. The Morgan fingerprint density at radius 2 is 1.61 bits per heavy atom. The lowest BCUT2D eigenvalue weighted by molar-refractivity contribution is -0.139. The average molecular weight is 878 g/mol. The summed E-state index contributed by atoms with van der Waals surface area (Å²) >= 11 is 6.44. The number of methoxy groups -OCH3 is 2. The maximum absolute atomic E-state index is 15.5. The number of aromatic hydroxyl groups is 1. The predicted molar refractivity (Wildman–Crippen MR) is 238 cm³/mol. The number of ether oxygens (including phenoxy) is 3. The number of anilines is 2. The third-order valence-electron chi connectivity index (χ3n) is 13.4. The molecule has 13 heteroatoms. The van der Waals surface area contributed by atoms with Gasteiger partial charge >= 0.3 is 0 Å². The molecule has 2 saturated heterocycles. The standard InChI is InChI=1S/C51H41ClFN3O8/c1-62-38-18-22-43(63-2)29(25-38)6-3-28-4-15-36(16-5-28)55-47(58)40-20-19-39-41(45(40)49(55)60)26-42-48(59)56(54-35-13-11-34(53)12-14-35)50(61)51(42,32-7-9-33(52)10-8-32)46(39)31-23-30-24-37(57)17-21-44(30)64-27-31/h3-19,21-22,24-25,27,40-42,45-46,54,57H,20,23,26H2,1-2H3. The highest BCUT2D eigenvalue weighted by Gasteiger charge is 2.70. The fraction of sp³-hybridized carbons (Fsp3) is 0.216. The number of phenolic OH excluding ortho intramolecular Hbond substituents is 1. The third-order valence-corrected chi connectivity index (χ3v) is 13.7. The average Bonchev–Trinajstić information content (AvgIpc) is 3.69. The number of halogens is 2. The van der Waals surface area contributed by atoms with E-state index in [1.54, 1.807) is 69.0 Å². The first-order valence-electron chi connectivity index (χ1n) is 20.9. The fourth-order valence-corrected chi connectivity index (χ4v) is 10.7. The smallest absolute Gasteiger partial charge is 0.260 e. The Bertz CT molecular complexity index is 2840. The lowest BCUT2D eigenvalue weighted by atomic mass is 9.48. The number of carbonyl (C=O) groups is 4. The first kappa shape index (κ1) is 40.9. The van der Waals surface area contributed by atoms with Gasteiger partial charge in [0.2, 0.25) is 11.8 Å². The van der Waals surface area contributed by atoms with Crippen molar-refractivity contribution in [3.05, 3.63) is 166 Å². The van der Waals surface area contributed by atoms with E-state index in [2.05, 4.69) is 5.43 Å². The van der Waals surface area contributed by atoms with E-state index in [1.165, 1.54) is 35.2 Å². The third kappa shape index (κ3) is 6.54. The largest absolute Gasteiger partial charge is 0.508 e. The molecule has 2 N–H and O–H groups in total. The number of phenols is 1. The second-order valence-electron chi connectivity index (χ2n) is 16.7. The zero-order chi connectivity index (χ0) is 44.4. The summed E-state index contributed by atoms with van der Waals surface area (Å²) in [6.07, 6.45) is 7.94. The molecule has 4 amide bonds. The van der Waals surface area contributed by atoms with Crippen LogP contribution in [0.3, 0.4) is 0 Å². The highest BCUT2D eigenvalue weighted by molar-refractivity contribution is 6.30. The van der Waals surface area contributed by atoms with Crippen molar-refractivity contribution in [2.24, 2.45) is 29.6 Å². The van der Waals surface area contributed by atoms with Crippen LogP contribution in [0.5, 0.6) is 23.0 Å². The maximum atomic E-state index is 15.5. The summed E-state index contributed by atoms with van der Waals surface area (Å²) < 4.78 is 31.1. The number of carbonyl (C=O) groups excluding carboxylic acids is 4. The van der Waals surface area contributed by atoms with Gasteiger partial charge in [0.1, 0.15) is 28.8 Å². The molecule has 0 bridgehead atoms. The first-order chi connectivity index (χ1) is 31.0. The van der Waals surface area contributed by atoms with Crippen LogP contribution in [0.1, 0.15) is 35.1 Å². The minimum atomic E-state index is -1.57. The Morgan fingerprint density at radius 1 is 0.844 bits per heavy atom. The Labute approximate surface area is 373 Å². The van der Waals surface area contributed by atoms with E-state index < -0.39 is 52.6 Å². The summed E-state index contributed by atoms with van der Waals surface area (Å²) in [6.45, 7) is 0. The van der Waals surface area contributed by atoms with Gasteiger partial charge < -0.3 is 19.3 Å². The highest BCUT2D eigenvalue weighted by Crippen LogP contribution is 2.63. The van der Waals surface area contributed by atoms with Crippen LogP contribution >= 0.6 is 11.6 Å². The van der Waals surface area contributed by atoms with Crippen LogP contribution in [0.2, 0.25) is 5.02 Å². The van der Waals surface area contributed by atoms with Gasteiger partial charge in [-0.3, -0.25) is 29.5 Å². The minimum absolute atomic E-state index is 0.0354. The molecule has 0 spiro atoms. The molecular formula is C51H41ClFN3O8. The van der Waals surface area contributed by atoms with E-state index in [9.17, 15) is 19.1 Å². The number of amides is 4. The van der Waals surface area contributed by atoms with Crippen molar-refractivity contribution < 1.29 is 42.9 Å². The monoisotopic (exact) mass is 877 g/mol. The summed E-state index contributed by atoms with van der Waals surface area (Å²) in [7, 11) is 3.19. The van der Waals surface area contributed by atoms with Crippen LogP contribution in [-0.2, 0) is 31.0 Å². The zero-order valence-corrected chi connectivity index (χ0v) is 35.4. The molecule has 6 unspecified atom stereocenters. The fourth-order valence-electron chi connectivity index (χ4n) is 10.6. The van der Waals surface area contributed by atoms with E-state index in [-0.39, 0.29) is 36.8 Å². The number of hydrazine groups is 1. The van der Waals surface area contributed by atoms with Gasteiger partial charge in [-0.25, -0.2) is 4.39 Å². The van der Waals surface area contributed by atoms with E-state index in [4.69, 9.17) is 25.8 Å². The number of imide groups is 2. The summed E-state index contributed by atoms with van der Waals surface area (Å²) in [5.41, 5.74) is 6.40. The molecule has 10 rings (SSSR count). The van der Waals surface area contributed by atoms with Crippen LogP contribution in [0.4, 0.5) is 15.8 Å². The Balaban J connectivity index is 1.05. The van der Waals surface area contributed by atoms with Crippen LogP contribution < -0.4 is 24.5 Å². The predicted octanol–water partition coefficient (Wildman–Crippen LogP) is 8.91. The molecule has 3 aliphatic heterocycles. The molecule has 0 aromatic heterocycles. The van der Waals surface area contributed by atoms with Gasteiger partial charge in [0.15, 0.2) is 0 Å². The van der Waals surface area contributed by atoms with E-state index in [1.807, 2.05) is 48.6 Å². The van der Waals surface area contributed by atoms with Crippen molar-refractivity contribution in [1.29, 1.82) is 0 Å². The summed E-state index contributed by atoms with van der Waals surface area (Å²) in [4.78, 5) is 61.2. The van der Waals surface area contributed by atoms with Crippen molar-refractivity contribution >= 4 is 58.8 Å². The van der Waals surface area contributed by atoms with Gasteiger partial charge in [-0.15, -0.1) is 0 Å². The van der Waals surface area contributed by atoms with E-state index in [0.29, 0.717) is 50.3 Å². The van der Waals surface area contributed by atoms with Crippen LogP contribution in [0.15, 0.2) is 133 Å². The zero-order valence-electron chi connectivity index (χ0n) is 34.7. The second-order valence-corrected chi connectivity index (χ2v) is 17.1. The molecule has 5 aromatic rings. The number of benzene rings is 5. The Hall–Kier alpha value is -7.18. The number of nitrogens with one attached hydrogen (secondary N) is 1. The molecule has 64 heavy (non-hydrogen) atoms. The van der Waals surface area contributed by atoms with Gasteiger partial charge in [0, 0.05) is 28.5 Å². The van der Waals surface area contributed by atoms with Crippen LogP contribution in [-0.4, -0.2) is 48.0 Å². The molecule has 3 fully saturated rings. The molecule has 1 saturated carbocycles. The Morgan fingerprint density at radius 3 is 2.34 bits per heavy atom. The normalized spacial score (nSPS) is 24.7. The van der Waals surface area contributed by atoms with Gasteiger partial charge in [0.05, 0.1) is 55.0 Å². The molecule has 3 heterocycles. The molecule has 322 valence electrons. The van der Waals surface area contributed by atoms with Crippen molar-refractivity contribution in [2.45, 2.75) is 24.7 Å². The molecule has 5 aliphatic rings. The highest BCUT2D eigenvalue weighted by atomic mass is 35.5. The number of hydrogen-bond acceptors (Lipinski definition) is 9. The van der Waals surface area contributed by atoms with E-state index >= 15 is 9.59 Å². The van der Waals surface area contributed by atoms with Crippen molar-refractivity contribution in [3.63, 3.8) is 0 Å². The number of allylic oxidation sites excluding steroid dienone is 3. The minimum Gasteiger partial charge on any atom is -0.508 e. The van der Waals surface area contributed by atoms with Gasteiger partial charge in [-0.2, -0.15) is 5.01 Å². The van der Waals surface area contributed by atoms with Crippen molar-refractivity contribution in [1.82, 2.24) is 5.01 Å².